The van der Waals surface area contributed by atoms with Crippen LogP contribution in [0.2, 0.25) is 0 Å². The van der Waals surface area contributed by atoms with Crippen LogP contribution in [-0.4, -0.2) is 27.9 Å². The zero-order valence-corrected chi connectivity index (χ0v) is 11.3. The van der Waals surface area contributed by atoms with Crippen LogP contribution < -0.4 is 4.90 Å². The molecule has 1 saturated carbocycles. The molecule has 0 unspecified atom stereocenters. The number of hydrogen-bond donors (Lipinski definition) is 0. The number of nitrogens with zero attached hydrogens (tertiary/aromatic N) is 4. The van der Waals surface area contributed by atoms with Crippen molar-refractivity contribution in [3.05, 3.63) is 22.4 Å². The van der Waals surface area contributed by atoms with E-state index < -0.39 is 0 Å². The second-order valence-electron chi connectivity index (χ2n) is 4.31. The lowest BCUT2D eigenvalue weighted by atomic mass is 10.4. The highest BCUT2D eigenvalue weighted by Crippen LogP contribution is 2.39. The molecule has 0 bridgehead atoms. The molecule has 0 spiro atoms. The first kappa shape index (κ1) is 11.1. The summed E-state index contributed by atoms with van der Waals surface area (Å²) in [5, 5.41) is 4.23. The van der Waals surface area contributed by atoms with Gasteiger partial charge in [-0.05, 0) is 12.8 Å². The fourth-order valence-corrected chi connectivity index (χ4v) is 2.96. The van der Waals surface area contributed by atoms with Gasteiger partial charge in [0.1, 0.15) is 5.82 Å². The average Bonchev–Trinajstić information content (AvgIpc) is 2.88. The molecule has 17 heavy (non-hydrogen) atoms. The Labute approximate surface area is 109 Å². The molecule has 0 amide bonds. The van der Waals surface area contributed by atoms with Gasteiger partial charge >= 0.3 is 0 Å². The molecular formula is C11H14N4S2. The van der Waals surface area contributed by atoms with Gasteiger partial charge in [-0.1, -0.05) is 0 Å². The van der Waals surface area contributed by atoms with Crippen LogP contribution in [0.3, 0.4) is 0 Å². The lowest BCUT2D eigenvalue weighted by Crippen LogP contribution is -2.20. The molecular weight excluding hydrogens is 252 g/mol. The Morgan fingerprint density at radius 3 is 3.06 bits per heavy atom. The van der Waals surface area contributed by atoms with Gasteiger partial charge in [0.25, 0.3) is 0 Å². The first-order valence-corrected chi connectivity index (χ1v) is 7.41. The Bertz CT molecular complexity index is 475. The van der Waals surface area contributed by atoms with Gasteiger partial charge in [0.05, 0.1) is 5.01 Å². The molecule has 1 aliphatic rings. The number of rotatable bonds is 5. The highest BCUT2D eigenvalue weighted by atomic mass is 32.1. The van der Waals surface area contributed by atoms with E-state index >= 15 is 0 Å². The molecule has 0 saturated heterocycles. The van der Waals surface area contributed by atoms with Crippen LogP contribution in [0.1, 0.15) is 29.6 Å². The largest absolute Gasteiger partial charge is 0.349 e. The van der Waals surface area contributed by atoms with Crippen LogP contribution in [-0.2, 0) is 6.42 Å². The van der Waals surface area contributed by atoms with Crippen molar-refractivity contribution in [2.45, 2.75) is 25.2 Å². The molecule has 2 heterocycles. The number of aromatic nitrogens is 3. The maximum Gasteiger partial charge on any atom is 0.204 e. The van der Waals surface area contributed by atoms with Crippen molar-refractivity contribution in [2.24, 2.45) is 0 Å². The normalized spacial score (nSPS) is 15.1. The summed E-state index contributed by atoms with van der Waals surface area (Å²) in [6, 6.07) is 0. The second kappa shape index (κ2) is 4.70. The Morgan fingerprint density at radius 1 is 1.47 bits per heavy atom. The minimum Gasteiger partial charge on any atom is -0.349 e. The fraction of sp³-hybridized carbons (Fsp3) is 0.545. The molecule has 0 aliphatic heterocycles. The maximum atomic E-state index is 4.59. The summed E-state index contributed by atoms with van der Waals surface area (Å²) in [5.74, 6) is 1.69. The standard InChI is InChI=1S/C11H14N4S2/c1-15(6-4-9-12-5-7-16-9)11-13-10(14-17-11)8-2-3-8/h5,7-8H,2-4,6H2,1H3. The summed E-state index contributed by atoms with van der Waals surface area (Å²) in [6.45, 7) is 0.951. The molecule has 0 atom stereocenters. The molecule has 1 fully saturated rings. The van der Waals surface area contributed by atoms with Gasteiger partial charge in [-0.2, -0.15) is 4.37 Å². The van der Waals surface area contributed by atoms with Crippen LogP contribution in [0.5, 0.6) is 0 Å². The minimum absolute atomic E-state index is 0.646. The molecule has 0 aromatic carbocycles. The SMILES string of the molecule is CN(CCc1nccs1)c1nc(C2CC2)ns1. The van der Waals surface area contributed by atoms with Crippen LogP contribution >= 0.6 is 22.9 Å². The first-order valence-electron chi connectivity index (χ1n) is 5.76. The van der Waals surface area contributed by atoms with Crippen molar-refractivity contribution in [2.75, 3.05) is 18.5 Å². The van der Waals surface area contributed by atoms with E-state index in [0.29, 0.717) is 5.92 Å². The predicted octanol–water partition coefficient (Wildman–Crippen LogP) is 2.55. The molecule has 4 nitrogen and oxygen atoms in total. The summed E-state index contributed by atoms with van der Waals surface area (Å²) in [5.41, 5.74) is 0. The first-order chi connectivity index (χ1) is 8.33. The number of hydrogen-bond acceptors (Lipinski definition) is 6. The Balaban J connectivity index is 1.58. The highest BCUT2D eigenvalue weighted by Gasteiger charge is 2.28. The second-order valence-corrected chi connectivity index (χ2v) is 6.02. The number of anilines is 1. The van der Waals surface area contributed by atoms with Gasteiger partial charge in [-0.25, -0.2) is 9.97 Å². The van der Waals surface area contributed by atoms with Gasteiger partial charge in [0.2, 0.25) is 5.13 Å². The van der Waals surface area contributed by atoms with Crippen molar-refractivity contribution >= 4 is 28.0 Å². The van der Waals surface area contributed by atoms with Crippen molar-refractivity contribution in [3.63, 3.8) is 0 Å². The molecule has 3 rings (SSSR count). The van der Waals surface area contributed by atoms with Crippen LogP contribution in [0.25, 0.3) is 0 Å². The topological polar surface area (TPSA) is 41.9 Å². The van der Waals surface area contributed by atoms with Crippen LogP contribution in [0.15, 0.2) is 11.6 Å². The van der Waals surface area contributed by atoms with Crippen LogP contribution in [0.4, 0.5) is 5.13 Å². The number of likely N-dealkylation sites (N-methyl/N-ethyl adjacent to an activating group) is 1. The molecule has 0 N–H and O–H groups in total. The highest BCUT2D eigenvalue weighted by molar-refractivity contribution is 7.10. The third-order valence-electron chi connectivity index (χ3n) is 2.84. The quantitative estimate of drug-likeness (QED) is 0.834. The van der Waals surface area contributed by atoms with E-state index in [1.54, 1.807) is 11.3 Å². The average molecular weight is 266 g/mol. The summed E-state index contributed by atoms with van der Waals surface area (Å²) >= 11 is 3.22. The van der Waals surface area contributed by atoms with Crippen LogP contribution in [0, 0.1) is 0 Å². The molecule has 2 aromatic heterocycles. The third-order valence-corrected chi connectivity index (χ3v) is 4.53. The van der Waals surface area contributed by atoms with E-state index in [2.05, 4.69) is 26.3 Å². The molecule has 0 radical (unpaired) electrons. The van der Waals surface area contributed by atoms with E-state index in [-0.39, 0.29) is 0 Å². The van der Waals surface area contributed by atoms with Gasteiger partial charge in [-0.15, -0.1) is 11.3 Å². The van der Waals surface area contributed by atoms with E-state index in [0.717, 1.165) is 23.9 Å². The molecule has 90 valence electrons. The van der Waals surface area contributed by atoms with E-state index in [1.807, 2.05) is 11.6 Å². The fourth-order valence-electron chi connectivity index (χ4n) is 1.62. The third kappa shape index (κ3) is 2.63. The van der Waals surface area contributed by atoms with Gasteiger partial charge in [0.15, 0.2) is 0 Å². The summed E-state index contributed by atoms with van der Waals surface area (Å²) in [6.07, 6.45) is 5.36. The lowest BCUT2D eigenvalue weighted by molar-refractivity contribution is 0.856. The summed E-state index contributed by atoms with van der Waals surface area (Å²) in [7, 11) is 2.07. The number of thiazole rings is 1. The maximum absolute atomic E-state index is 4.59. The lowest BCUT2D eigenvalue weighted by Gasteiger charge is -2.13. The van der Waals surface area contributed by atoms with E-state index in [9.17, 15) is 0 Å². The van der Waals surface area contributed by atoms with Crippen molar-refractivity contribution < 1.29 is 0 Å². The zero-order chi connectivity index (χ0) is 11.7. The van der Waals surface area contributed by atoms with E-state index in [4.69, 9.17) is 0 Å². The summed E-state index contributed by atoms with van der Waals surface area (Å²) < 4.78 is 4.42. The van der Waals surface area contributed by atoms with Gasteiger partial charge < -0.3 is 4.90 Å². The Morgan fingerprint density at radius 2 is 2.35 bits per heavy atom. The molecule has 6 heteroatoms. The van der Waals surface area contributed by atoms with Crippen molar-refractivity contribution in [1.29, 1.82) is 0 Å². The predicted molar refractivity (Wildman–Crippen MR) is 71.0 cm³/mol. The Hall–Kier alpha value is -1.01. The molecule has 2 aromatic rings. The minimum atomic E-state index is 0.646. The van der Waals surface area contributed by atoms with Crippen molar-refractivity contribution in [3.8, 4) is 0 Å². The van der Waals surface area contributed by atoms with Crippen molar-refractivity contribution in [1.82, 2.24) is 14.3 Å². The van der Waals surface area contributed by atoms with E-state index in [1.165, 1.54) is 29.4 Å². The Kier molecular flexibility index (Phi) is 3.07. The molecule has 1 aliphatic carbocycles. The monoisotopic (exact) mass is 266 g/mol. The van der Waals surface area contributed by atoms with Gasteiger partial charge in [-0.3, -0.25) is 0 Å². The zero-order valence-electron chi connectivity index (χ0n) is 9.67. The smallest absolute Gasteiger partial charge is 0.204 e. The van der Waals surface area contributed by atoms with Gasteiger partial charge in [0, 0.05) is 49.0 Å². The summed E-state index contributed by atoms with van der Waals surface area (Å²) in [4.78, 5) is 11.0.